The molecular weight excluding hydrogens is 311 g/mol. The van der Waals surface area contributed by atoms with Crippen molar-refractivity contribution in [2.75, 3.05) is 7.11 Å². The maximum atomic E-state index is 12.9. The van der Waals surface area contributed by atoms with Gasteiger partial charge in [0.1, 0.15) is 11.6 Å². The fraction of sp³-hybridized carbons (Fsp3) is 0.0625. The fourth-order valence-corrected chi connectivity index (χ4v) is 2.55. The molecule has 0 bridgehead atoms. The normalized spacial score (nSPS) is 10.8. The van der Waals surface area contributed by atoms with Crippen LogP contribution in [0.15, 0.2) is 58.8 Å². The van der Waals surface area contributed by atoms with Crippen LogP contribution >= 0.6 is 23.4 Å². The van der Waals surface area contributed by atoms with Crippen LogP contribution in [0.4, 0.5) is 4.39 Å². The average Bonchev–Trinajstić information content (AvgIpc) is 2.49. The lowest BCUT2D eigenvalue weighted by atomic mass is 10.1. The van der Waals surface area contributed by atoms with Crippen LogP contribution in [0.2, 0.25) is 5.02 Å². The highest BCUT2D eigenvalue weighted by atomic mass is 35.5. The molecule has 0 unspecified atom stereocenters. The van der Waals surface area contributed by atoms with Crippen molar-refractivity contribution in [1.82, 2.24) is 0 Å². The summed E-state index contributed by atoms with van der Waals surface area (Å²) in [5.74, 6) is 0.189. The van der Waals surface area contributed by atoms with Crippen LogP contribution in [0.25, 0.3) is 0 Å². The van der Waals surface area contributed by atoms with E-state index >= 15 is 0 Å². The van der Waals surface area contributed by atoms with Gasteiger partial charge >= 0.3 is 0 Å². The summed E-state index contributed by atoms with van der Waals surface area (Å²) in [7, 11) is 1.57. The Morgan fingerprint density at radius 2 is 1.95 bits per heavy atom. The number of ketones is 1. The van der Waals surface area contributed by atoms with Crippen LogP contribution < -0.4 is 4.74 Å². The first kappa shape index (κ1) is 15.6. The number of hydrogen-bond donors (Lipinski definition) is 0. The largest absolute Gasteiger partial charge is 0.497 e. The Labute approximate surface area is 131 Å². The molecule has 108 valence electrons. The zero-order chi connectivity index (χ0) is 15.2. The van der Waals surface area contributed by atoms with Crippen LogP contribution in [0.3, 0.4) is 0 Å². The second kappa shape index (κ2) is 7.29. The number of hydrogen-bond acceptors (Lipinski definition) is 3. The Kier molecular flexibility index (Phi) is 5.42. The Morgan fingerprint density at radius 3 is 2.57 bits per heavy atom. The zero-order valence-corrected chi connectivity index (χ0v) is 12.7. The molecule has 0 spiro atoms. The van der Waals surface area contributed by atoms with Gasteiger partial charge in [-0.15, -0.1) is 0 Å². The summed E-state index contributed by atoms with van der Waals surface area (Å²) in [5, 5.41) is 1.95. The van der Waals surface area contributed by atoms with E-state index < -0.39 is 0 Å². The molecule has 2 nitrogen and oxygen atoms in total. The molecule has 0 radical (unpaired) electrons. The molecule has 5 heteroatoms. The third-order valence-electron chi connectivity index (χ3n) is 2.68. The molecule has 0 aliphatic heterocycles. The van der Waals surface area contributed by atoms with Gasteiger partial charge in [-0.1, -0.05) is 23.4 Å². The molecule has 0 aliphatic carbocycles. The van der Waals surface area contributed by atoms with Crippen molar-refractivity contribution in [1.29, 1.82) is 0 Å². The van der Waals surface area contributed by atoms with Crippen molar-refractivity contribution in [3.63, 3.8) is 0 Å². The number of allylic oxidation sites excluding steroid dienone is 1. The summed E-state index contributed by atoms with van der Waals surface area (Å²) >= 11 is 7.16. The number of methoxy groups -OCH3 is 1. The van der Waals surface area contributed by atoms with Crippen LogP contribution in [0, 0.1) is 5.82 Å². The quantitative estimate of drug-likeness (QED) is 0.441. The molecule has 0 heterocycles. The number of ether oxygens (including phenoxy) is 1. The van der Waals surface area contributed by atoms with Crippen LogP contribution in [0.5, 0.6) is 5.75 Å². The molecule has 0 atom stereocenters. The molecule has 0 aromatic heterocycles. The first-order valence-corrected chi connectivity index (χ1v) is 7.32. The van der Waals surface area contributed by atoms with Crippen LogP contribution in [0.1, 0.15) is 10.4 Å². The van der Waals surface area contributed by atoms with Gasteiger partial charge in [0.2, 0.25) is 0 Å². The molecule has 2 aromatic carbocycles. The lowest BCUT2D eigenvalue weighted by molar-refractivity contribution is 0.104. The van der Waals surface area contributed by atoms with E-state index in [1.807, 2.05) is 0 Å². The minimum Gasteiger partial charge on any atom is -0.497 e. The monoisotopic (exact) mass is 322 g/mol. The SMILES string of the molecule is COc1ccc(C(=O)C=CSc2ccc(F)cc2Cl)cc1. The number of thioether (sulfide) groups is 1. The highest BCUT2D eigenvalue weighted by Crippen LogP contribution is 2.28. The second-order valence-electron chi connectivity index (χ2n) is 4.09. The molecule has 2 rings (SSSR count). The molecule has 21 heavy (non-hydrogen) atoms. The minimum atomic E-state index is -0.386. The summed E-state index contributed by atoms with van der Waals surface area (Å²) in [4.78, 5) is 12.6. The van der Waals surface area contributed by atoms with Crippen molar-refractivity contribution < 1.29 is 13.9 Å². The van der Waals surface area contributed by atoms with E-state index in [2.05, 4.69) is 0 Å². The minimum absolute atomic E-state index is 0.122. The summed E-state index contributed by atoms with van der Waals surface area (Å²) < 4.78 is 17.9. The number of benzene rings is 2. The van der Waals surface area contributed by atoms with Gasteiger partial charge in [0.15, 0.2) is 5.78 Å². The molecule has 0 amide bonds. The lowest BCUT2D eigenvalue weighted by Gasteiger charge is -2.01. The number of rotatable bonds is 5. The van der Waals surface area contributed by atoms with Gasteiger partial charge in [0.05, 0.1) is 12.1 Å². The van der Waals surface area contributed by atoms with E-state index in [1.54, 1.807) is 42.8 Å². The predicted molar refractivity (Wildman–Crippen MR) is 83.7 cm³/mol. The summed E-state index contributed by atoms with van der Waals surface area (Å²) in [6.45, 7) is 0. The smallest absolute Gasteiger partial charge is 0.186 e. The van der Waals surface area contributed by atoms with E-state index in [4.69, 9.17) is 16.3 Å². The Balaban J connectivity index is 2.01. The zero-order valence-electron chi connectivity index (χ0n) is 11.2. The molecule has 0 fully saturated rings. The van der Waals surface area contributed by atoms with Crippen LogP contribution in [-0.2, 0) is 0 Å². The third kappa shape index (κ3) is 4.34. The first-order valence-electron chi connectivity index (χ1n) is 6.07. The molecular formula is C16H12ClFO2S. The van der Waals surface area contributed by atoms with Gasteiger partial charge in [-0.3, -0.25) is 4.79 Å². The van der Waals surface area contributed by atoms with Gasteiger partial charge in [0.25, 0.3) is 0 Å². The number of halogens is 2. The van der Waals surface area contributed by atoms with E-state index in [-0.39, 0.29) is 11.6 Å². The second-order valence-corrected chi connectivity index (χ2v) is 5.44. The van der Waals surface area contributed by atoms with Gasteiger partial charge < -0.3 is 4.74 Å². The molecule has 2 aromatic rings. The molecule has 0 N–H and O–H groups in total. The van der Waals surface area contributed by atoms with Crippen molar-refractivity contribution >= 4 is 29.1 Å². The predicted octanol–water partition coefficient (Wildman–Crippen LogP) is 4.98. The van der Waals surface area contributed by atoms with Gasteiger partial charge in [-0.05, 0) is 53.9 Å². The van der Waals surface area contributed by atoms with Gasteiger partial charge in [-0.25, -0.2) is 4.39 Å². The highest BCUT2D eigenvalue weighted by Gasteiger charge is 2.03. The van der Waals surface area contributed by atoms with E-state index in [1.165, 1.54) is 30.0 Å². The number of carbonyl (C=O) groups is 1. The maximum Gasteiger partial charge on any atom is 0.186 e. The Hall–Kier alpha value is -1.78. The Bertz CT molecular complexity index is 668. The van der Waals surface area contributed by atoms with E-state index in [9.17, 15) is 9.18 Å². The fourth-order valence-electron chi connectivity index (χ4n) is 1.59. The number of carbonyl (C=O) groups excluding carboxylic acids is 1. The summed E-state index contributed by atoms with van der Waals surface area (Å²) in [6, 6.07) is 11.0. The standard InChI is InChI=1S/C16H12ClFO2S/c1-20-13-5-2-11(3-6-13)15(19)8-9-21-16-7-4-12(18)10-14(16)17/h2-10H,1H3. The molecule has 0 aliphatic rings. The van der Waals surface area contributed by atoms with Crippen molar-refractivity contribution in [2.45, 2.75) is 4.90 Å². The van der Waals surface area contributed by atoms with Gasteiger partial charge in [0, 0.05) is 10.5 Å². The Morgan fingerprint density at radius 1 is 1.24 bits per heavy atom. The summed E-state index contributed by atoms with van der Waals surface area (Å²) in [5.41, 5.74) is 0.567. The highest BCUT2D eigenvalue weighted by molar-refractivity contribution is 8.02. The maximum absolute atomic E-state index is 12.9. The molecule has 0 saturated heterocycles. The van der Waals surface area contributed by atoms with Crippen molar-refractivity contribution in [2.24, 2.45) is 0 Å². The van der Waals surface area contributed by atoms with E-state index in [0.717, 1.165) is 0 Å². The van der Waals surface area contributed by atoms with Gasteiger partial charge in [-0.2, -0.15) is 0 Å². The molecule has 0 saturated carbocycles. The third-order valence-corrected chi connectivity index (χ3v) is 3.99. The van der Waals surface area contributed by atoms with Crippen molar-refractivity contribution in [3.05, 3.63) is 70.4 Å². The average molecular weight is 323 g/mol. The summed E-state index contributed by atoms with van der Waals surface area (Å²) in [6.07, 6.45) is 1.45. The first-order chi connectivity index (χ1) is 10.1. The van der Waals surface area contributed by atoms with E-state index in [0.29, 0.717) is 21.2 Å². The van der Waals surface area contributed by atoms with Crippen LogP contribution in [-0.4, -0.2) is 12.9 Å². The topological polar surface area (TPSA) is 26.3 Å². The van der Waals surface area contributed by atoms with Crippen molar-refractivity contribution in [3.8, 4) is 5.75 Å². The lowest BCUT2D eigenvalue weighted by Crippen LogP contribution is -1.93.